The standard InChI is InChI=1S/C23H29N3O3/c1-3-25(4-2)21(15-18-9-6-5-7-10-18)17-24-22(27)19-11-8-12-20(16-19)26-13-14-29-23(26)28/h5-12,16,21H,3-4,13-15,17H2,1-2H3,(H,24,27). The van der Waals surface area contributed by atoms with Gasteiger partial charge in [-0.15, -0.1) is 0 Å². The number of rotatable bonds is 9. The molecule has 1 fully saturated rings. The molecule has 0 bridgehead atoms. The summed E-state index contributed by atoms with van der Waals surface area (Å²) in [5.41, 5.74) is 2.48. The first-order valence-electron chi connectivity index (χ1n) is 10.2. The summed E-state index contributed by atoms with van der Waals surface area (Å²) in [4.78, 5) is 28.5. The highest BCUT2D eigenvalue weighted by Crippen LogP contribution is 2.20. The van der Waals surface area contributed by atoms with Crippen molar-refractivity contribution in [2.45, 2.75) is 26.3 Å². The summed E-state index contributed by atoms with van der Waals surface area (Å²) >= 11 is 0. The Morgan fingerprint density at radius 2 is 1.90 bits per heavy atom. The van der Waals surface area contributed by atoms with E-state index in [4.69, 9.17) is 4.74 Å². The molecule has 0 aromatic heterocycles. The Kier molecular flexibility index (Phi) is 7.25. The first kappa shape index (κ1) is 20.9. The molecule has 1 saturated heterocycles. The largest absolute Gasteiger partial charge is 0.447 e. The number of hydrogen-bond donors (Lipinski definition) is 1. The number of benzene rings is 2. The van der Waals surface area contributed by atoms with Gasteiger partial charge in [0.1, 0.15) is 6.61 Å². The molecule has 1 heterocycles. The van der Waals surface area contributed by atoms with Crippen molar-refractivity contribution in [2.75, 3.05) is 37.7 Å². The number of nitrogens with one attached hydrogen (secondary N) is 1. The third-order valence-corrected chi connectivity index (χ3v) is 5.32. The van der Waals surface area contributed by atoms with Crippen molar-refractivity contribution in [3.63, 3.8) is 0 Å². The van der Waals surface area contributed by atoms with Crippen molar-refractivity contribution in [1.82, 2.24) is 10.2 Å². The quantitative estimate of drug-likeness (QED) is 0.708. The van der Waals surface area contributed by atoms with Crippen LogP contribution in [0.15, 0.2) is 54.6 Å². The molecule has 6 nitrogen and oxygen atoms in total. The molecule has 2 aromatic rings. The van der Waals surface area contributed by atoms with Crippen LogP contribution in [0.5, 0.6) is 0 Å². The zero-order chi connectivity index (χ0) is 20.6. The average Bonchev–Trinajstić information content (AvgIpc) is 3.19. The summed E-state index contributed by atoms with van der Waals surface area (Å²) in [5.74, 6) is -0.135. The Balaban J connectivity index is 1.67. The molecular weight excluding hydrogens is 366 g/mol. The van der Waals surface area contributed by atoms with Gasteiger partial charge in [0, 0.05) is 23.8 Å². The number of cyclic esters (lactones) is 1. The van der Waals surface area contributed by atoms with E-state index in [1.165, 1.54) is 5.56 Å². The van der Waals surface area contributed by atoms with Crippen LogP contribution in [-0.2, 0) is 11.2 Å². The van der Waals surface area contributed by atoms with Gasteiger partial charge in [-0.2, -0.15) is 0 Å². The zero-order valence-electron chi connectivity index (χ0n) is 17.1. The Labute approximate surface area is 172 Å². The fourth-order valence-corrected chi connectivity index (χ4v) is 3.71. The van der Waals surface area contributed by atoms with Crippen molar-refractivity contribution in [3.8, 4) is 0 Å². The molecule has 1 aliphatic rings. The van der Waals surface area contributed by atoms with Crippen LogP contribution in [0, 0.1) is 0 Å². The van der Waals surface area contributed by atoms with E-state index in [1.807, 2.05) is 24.3 Å². The van der Waals surface area contributed by atoms with Gasteiger partial charge in [0.2, 0.25) is 0 Å². The molecule has 0 radical (unpaired) electrons. The molecule has 1 atom stereocenters. The minimum absolute atomic E-state index is 0.135. The smallest absolute Gasteiger partial charge is 0.414 e. The van der Waals surface area contributed by atoms with Crippen molar-refractivity contribution in [1.29, 1.82) is 0 Å². The second-order valence-corrected chi connectivity index (χ2v) is 7.09. The van der Waals surface area contributed by atoms with Gasteiger partial charge in [0.25, 0.3) is 5.91 Å². The SMILES string of the molecule is CCN(CC)C(CNC(=O)c1cccc(N2CCOC2=O)c1)Cc1ccccc1. The molecule has 1 aliphatic heterocycles. The topological polar surface area (TPSA) is 61.9 Å². The summed E-state index contributed by atoms with van der Waals surface area (Å²) in [6.07, 6.45) is 0.509. The normalized spacial score (nSPS) is 14.7. The van der Waals surface area contributed by atoms with Gasteiger partial charge in [-0.1, -0.05) is 50.2 Å². The molecule has 3 rings (SSSR count). The Morgan fingerprint density at radius 1 is 1.14 bits per heavy atom. The summed E-state index contributed by atoms with van der Waals surface area (Å²) in [7, 11) is 0. The molecule has 2 amide bonds. The van der Waals surface area contributed by atoms with Gasteiger partial charge in [-0.05, 0) is 43.3 Å². The van der Waals surface area contributed by atoms with E-state index in [0.717, 1.165) is 19.5 Å². The fraction of sp³-hybridized carbons (Fsp3) is 0.391. The van der Waals surface area contributed by atoms with Gasteiger partial charge in [0.15, 0.2) is 0 Å². The monoisotopic (exact) mass is 395 g/mol. The van der Waals surface area contributed by atoms with Gasteiger partial charge in [0.05, 0.1) is 6.54 Å². The summed E-state index contributed by atoms with van der Waals surface area (Å²) < 4.78 is 4.99. The number of carbonyl (C=O) groups is 2. The van der Waals surface area contributed by atoms with Gasteiger partial charge < -0.3 is 10.1 Å². The van der Waals surface area contributed by atoms with Gasteiger partial charge in [-0.25, -0.2) is 4.79 Å². The molecule has 1 N–H and O–H groups in total. The number of anilines is 1. The van der Waals surface area contributed by atoms with E-state index in [9.17, 15) is 9.59 Å². The van der Waals surface area contributed by atoms with Gasteiger partial charge in [-0.3, -0.25) is 14.6 Å². The Hall–Kier alpha value is -2.86. The molecule has 0 saturated carbocycles. The average molecular weight is 396 g/mol. The maximum Gasteiger partial charge on any atom is 0.414 e. The van der Waals surface area contributed by atoms with E-state index in [1.54, 1.807) is 23.1 Å². The maximum atomic E-state index is 12.8. The van der Waals surface area contributed by atoms with Crippen LogP contribution in [0.25, 0.3) is 0 Å². The Morgan fingerprint density at radius 3 is 2.55 bits per heavy atom. The van der Waals surface area contributed by atoms with Crippen molar-refractivity contribution >= 4 is 17.7 Å². The van der Waals surface area contributed by atoms with Crippen LogP contribution in [-0.4, -0.2) is 55.7 Å². The van der Waals surface area contributed by atoms with Gasteiger partial charge >= 0.3 is 6.09 Å². The minimum Gasteiger partial charge on any atom is -0.447 e. The molecule has 154 valence electrons. The van der Waals surface area contributed by atoms with Crippen LogP contribution >= 0.6 is 0 Å². The molecule has 29 heavy (non-hydrogen) atoms. The highest BCUT2D eigenvalue weighted by molar-refractivity contribution is 5.97. The van der Waals surface area contributed by atoms with Crippen molar-refractivity contribution in [2.24, 2.45) is 0 Å². The highest BCUT2D eigenvalue weighted by Gasteiger charge is 2.24. The summed E-state index contributed by atoms with van der Waals surface area (Å²) in [6.45, 7) is 7.58. The van der Waals surface area contributed by atoms with E-state index >= 15 is 0 Å². The molecule has 2 aromatic carbocycles. The van der Waals surface area contributed by atoms with E-state index in [2.05, 4.69) is 36.2 Å². The summed E-state index contributed by atoms with van der Waals surface area (Å²) in [5, 5.41) is 3.08. The lowest BCUT2D eigenvalue weighted by Gasteiger charge is -2.30. The fourth-order valence-electron chi connectivity index (χ4n) is 3.71. The summed E-state index contributed by atoms with van der Waals surface area (Å²) in [6, 6.07) is 17.7. The second-order valence-electron chi connectivity index (χ2n) is 7.09. The number of likely N-dealkylation sites (N-methyl/N-ethyl adjacent to an activating group) is 1. The molecule has 0 spiro atoms. The number of nitrogens with zero attached hydrogens (tertiary/aromatic N) is 2. The number of ether oxygens (including phenoxy) is 1. The second kappa shape index (κ2) is 10.1. The molecular formula is C23H29N3O3. The Bertz CT molecular complexity index is 821. The third kappa shape index (κ3) is 5.35. The molecule has 6 heteroatoms. The van der Waals surface area contributed by atoms with Crippen LogP contribution in [0.1, 0.15) is 29.8 Å². The lowest BCUT2D eigenvalue weighted by Crippen LogP contribution is -2.45. The van der Waals surface area contributed by atoms with E-state index in [-0.39, 0.29) is 18.0 Å². The zero-order valence-corrected chi connectivity index (χ0v) is 17.1. The number of amides is 2. The van der Waals surface area contributed by atoms with Crippen LogP contribution in [0.3, 0.4) is 0 Å². The van der Waals surface area contributed by atoms with Crippen LogP contribution < -0.4 is 10.2 Å². The number of hydrogen-bond acceptors (Lipinski definition) is 4. The lowest BCUT2D eigenvalue weighted by molar-refractivity contribution is 0.0934. The third-order valence-electron chi connectivity index (χ3n) is 5.32. The van der Waals surface area contributed by atoms with E-state index in [0.29, 0.717) is 30.9 Å². The molecule has 1 unspecified atom stereocenters. The number of carbonyl (C=O) groups excluding carboxylic acids is 2. The first-order valence-corrected chi connectivity index (χ1v) is 10.2. The predicted octanol–water partition coefficient (Wildman–Crippen LogP) is 3.33. The molecule has 0 aliphatic carbocycles. The van der Waals surface area contributed by atoms with E-state index < -0.39 is 0 Å². The first-order chi connectivity index (χ1) is 14.1. The lowest BCUT2D eigenvalue weighted by atomic mass is 10.0. The minimum atomic E-state index is -0.369. The van der Waals surface area contributed by atoms with Crippen molar-refractivity contribution in [3.05, 3.63) is 65.7 Å². The van der Waals surface area contributed by atoms with Crippen LogP contribution in [0.4, 0.5) is 10.5 Å². The van der Waals surface area contributed by atoms with Crippen LogP contribution in [0.2, 0.25) is 0 Å². The highest BCUT2D eigenvalue weighted by atomic mass is 16.6. The van der Waals surface area contributed by atoms with Crippen molar-refractivity contribution < 1.29 is 14.3 Å². The predicted molar refractivity (Wildman–Crippen MR) is 114 cm³/mol. The maximum absolute atomic E-state index is 12.8.